The lowest BCUT2D eigenvalue weighted by Gasteiger charge is -2.36. The first-order valence-electron chi connectivity index (χ1n) is 8.01. The van der Waals surface area contributed by atoms with Crippen molar-refractivity contribution in [3.63, 3.8) is 0 Å². The molecule has 5 nitrogen and oxygen atoms in total. The van der Waals surface area contributed by atoms with Crippen molar-refractivity contribution in [3.8, 4) is 0 Å². The molecule has 0 bridgehead atoms. The second-order valence-corrected chi connectivity index (χ2v) is 6.09. The van der Waals surface area contributed by atoms with Gasteiger partial charge in [-0.05, 0) is 24.3 Å². The summed E-state index contributed by atoms with van der Waals surface area (Å²) < 4.78 is 0. The van der Waals surface area contributed by atoms with E-state index in [9.17, 15) is 9.59 Å². The minimum absolute atomic E-state index is 0.00671. The number of urea groups is 1. The van der Waals surface area contributed by atoms with E-state index in [2.05, 4.69) is 17.4 Å². The first-order valence-corrected chi connectivity index (χ1v) is 8.01. The lowest BCUT2D eigenvalue weighted by Crippen LogP contribution is -2.53. The molecule has 5 heteroatoms. The highest BCUT2D eigenvalue weighted by atomic mass is 16.2. The zero-order valence-electron chi connectivity index (χ0n) is 13.0. The molecule has 1 aromatic rings. The van der Waals surface area contributed by atoms with Crippen molar-refractivity contribution in [1.82, 2.24) is 15.1 Å². The number of amides is 3. The standard InChI is InChI=1S/C17H23N3O2/c1-18-17(22)20-11-9-19(10-12-20)16(21)15(14-7-8-14)13-5-3-2-4-6-13/h2-6,14-15H,7-12H2,1H3,(H,18,22). The van der Waals surface area contributed by atoms with Crippen LogP contribution in [0.15, 0.2) is 30.3 Å². The van der Waals surface area contributed by atoms with Crippen LogP contribution in [0.1, 0.15) is 24.3 Å². The highest BCUT2D eigenvalue weighted by Crippen LogP contribution is 2.43. The lowest BCUT2D eigenvalue weighted by atomic mass is 9.92. The summed E-state index contributed by atoms with van der Waals surface area (Å²) in [6, 6.07) is 10.0. The predicted octanol–water partition coefficient (Wildman–Crippen LogP) is 1.66. The first-order chi connectivity index (χ1) is 10.7. The van der Waals surface area contributed by atoms with Crippen LogP contribution in [-0.4, -0.2) is 55.0 Å². The molecule has 3 amide bonds. The quantitative estimate of drug-likeness (QED) is 0.923. The Morgan fingerprint density at radius 2 is 1.64 bits per heavy atom. The number of nitrogens with zero attached hydrogens (tertiary/aromatic N) is 2. The molecule has 1 N–H and O–H groups in total. The van der Waals surface area contributed by atoms with Crippen molar-refractivity contribution in [1.29, 1.82) is 0 Å². The minimum atomic E-state index is -0.0612. The molecule has 2 aliphatic rings. The van der Waals surface area contributed by atoms with E-state index in [0.29, 0.717) is 32.1 Å². The van der Waals surface area contributed by atoms with E-state index in [1.54, 1.807) is 11.9 Å². The number of carbonyl (C=O) groups excluding carboxylic acids is 2. The Kier molecular flexibility index (Phi) is 4.32. The fourth-order valence-electron chi connectivity index (χ4n) is 3.19. The molecule has 2 fully saturated rings. The van der Waals surface area contributed by atoms with Gasteiger partial charge in [0.1, 0.15) is 0 Å². The fourth-order valence-corrected chi connectivity index (χ4v) is 3.19. The molecular formula is C17H23N3O2. The van der Waals surface area contributed by atoms with E-state index < -0.39 is 0 Å². The van der Waals surface area contributed by atoms with Gasteiger partial charge in [0, 0.05) is 33.2 Å². The summed E-state index contributed by atoms with van der Waals surface area (Å²) in [4.78, 5) is 28.2. The van der Waals surface area contributed by atoms with Gasteiger partial charge in [-0.3, -0.25) is 4.79 Å². The van der Waals surface area contributed by atoms with E-state index in [-0.39, 0.29) is 17.9 Å². The molecular weight excluding hydrogens is 278 g/mol. The first kappa shape index (κ1) is 14.9. The Morgan fingerprint density at radius 3 is 2.18 bits per heavy atom. The van der Waals surface area contributed by atoms with Gasteiger partial charge in [-0.1, -0.05) is 30.3 Å². The monoisotopic (exact) mass is 301 g/mol. The molecule has 3 rings (SSSR count). The molecule has 1 unspecified atom stereocenters. The zero-order chi connectivity index (χ0) is 15.5. The number of piperazine rings is 1. The summed E-state index contributed by atoms with van der Waals surface area (Å²) in [7, 11) is 1.64. The largest absolute Gasteiger partial charge is 0.341 e. The van der Waals surface area contributed by atoms with Gasteiger partial charge in [0.05, 0.1) is 5.92 Å². The third-order valence-electron chi connectivity index (χ3n) is 4.61. The third-order valence-corrected chi connectivity index (χ3v) is 4.61. The highest BCUT2D eigenvalue weighted by Gasteiger charge is 2.39. The van der Waals surface area contributed by atoms with Crippen LogP contribution in [0.25, 0.3) is 0 Å². The van der Waals surface area contributed by atoms with Crippen LogP contribution in [0.5, 0.6) is 0 Å². The smallest absolute Gasteiger partial charge is 0.317 e. The van der Waals surface area contributed by atoms with Crippen molar-refractivity contribution < 1.29 is 9.59 Å². The average molecular weight is 301 g/mol. The van der Waals surface area contributed by atoms with E-state index in [4.69, 9.17) is 0 Å². The lowest BCUT2D eigenvalue weighted by molar-refractivity contribution is -0.134. The summed E-state index contributed by atoms with van der Waals surface area (Å²) in [5, 5.41) is 2.64. The molecule has 118 valence electrons. The molecule has 0 radical (unpaired) electrons. The number of benzene rings is 1. The topological polar surface area (TPSA) is 52.7 Å². The molecule has 1 heterocycles. The number of hydrogen-bond acceptors (Lipinski definition) is 2. The third kappa shape index (κ3) is 3.08. The van der Waals surface area contributed by atoms with Crippen LogP contribution in [0.3, 0.4) is 0 Å². The van der Waals surface area contributed by atoms with E-state index >= 15 is 0 Å². The average Bonchev–Trinajstić information content (AvgIpc) is 3.40. The Hall–Kier alpha value is -2.04. The molecule has 1 aromatic carbocycles. The molecule has 1 aliphatic carbocycles. The van der Waals surface area contributed by atoms with Gasteiger partial charge in [-0.25, -0.2) is 4.79 Å². The highest BCUT2D eigenvalue weighted by molar-refractivity contribution is 5.85. The van der Waals surface area contributed by atoms with Gasteiger partial charge in [-0.15, -0.1) is 0 Å². The van der Waals surface area contributed by atoms with Crippen molar-refractivity contribution in [2.75, 3.05) is 33.2 Å². The number of hydrogen-bond donors (Lipinski definition) is 1. The molecule has 22 heavy (non-hydrogen) atoms. The van der Waals surface area contributed by atoms with Gasteiger partial charge < -0.3 is 15.1 Å². The predicted molar refractivity (Wildman–Crippen MR) is 84.5 cm³/mol. The molecule has 1 saturated carbocycles. The second-order valence-electron chi connectivity index (χ2n) is 6.09. The summed E-state index contributed by atoms with van der Waals surface area (Å²) in [6.07, 6.45) is 2.28. The van der Waals surface area contributed by atoms with Crippen molar-refractivity contribution in [3.05, 3.63) is 35.9 Å². The van der Waals surface area contributed by atoms with Gasteiger partial charge in [0.2, 0.25) is 5.91 Å². The number of carbonyl (C=O) groups is 2. The Morgan fingerprint density at radius 1 is 1.05 bits per heavy atom. The van der Waals surface area contributed by atoms with Gasteiger partial charge in [0.25, 0.3) is 0 Å². The van der Waals surface area contributed by atoms with Crippen molar-refractivity contribution in [2.45, 2.75) is 18.8 Å². The second kappa shape index (κ2) is 6.38. The van der Waals surface area contributed by atoms with Crippen LogP contribution < -0.4 is 5.32 Å². The molecule has 1 saturated heterocycles. The van der Waals surface area contributed by atoms with Crippen molar-refractivity contribution in [2.24, 2.45) is 5.92 Å². The van der Waals surface area contributed by atoms with Crippen LogP contribution in [-0.2, 0) is 4.79 Å². The van der Waals surface area contributed by atoms with Crippen LogP contribution in [0.2, 0.25) is 0 Å². The Bertz CT molecular complexity index is 534. The van der Waals surface area contributed by atoms with Gasteiger partial charge >= 0.3 is 6.03 Å². The molecule has 1 atom stereocenters. The van der Waals surface area contributed by atoms with Crippen molar-refractivity contribution >= 4 is 11.9 Å². The maximum Gasteiger partial charge on any atom is 0.317 e. The summed E-state index contributed by atoms with van der Waals surface area (Å²) in [5.74, 6) is 0.713. The van der Waals surface area contributed by atoms with Crippen LogP contribution >= 0.6 is 0 Å². The van der Waals surface area contributed by atoms with Gasteiger partial charge in [-0.2, -0.15) is 0 Å². The van der Waals surface area contributed by atoms with Crippen LogP contribution in [0.4, 0.5) is 4.79 Å². The van der Waals surface area contributed by atoms with E-state index in [1.807, 2.05) is 23.1 Å². The summed E-state index contributed by atoms with van der Waals surface area (Å²) in [5.41, 5.74) is 1.13. The fraction of sp³-hybridized carbons (Fsp3) is 0.529. The maximum atomic E-state index is 12.9. The number of nitrogens with one attached hydrogen (secondary N) is 1. The maximum absolute atomic E-state index is 12.9. The summed E-state index contributed by atoms with van der Waals surface area (Å²) >= 11 is 0. The minimum Gasteiger partial charge on any atom is -0.341 e. The molecule has 0 aromatic heterocycles. The molecule has 0 spiro atoms. The van der Waals surface area contributed by atoms with E-state index in [0.717, 1.165) is 18.4 Å². The zero-order valence-corrected chi connectivity index (χ0v) is 13.0. The Balaban J connectivity index is 1.67. The normalized spacial score (nSPS) is 19.7. The summed E-state index contributed by atoms with van der Waals surface area (Å²) in [6.45, 7) is 2.47. The van der Waals surface area contributed by atoms with E-state index in [1.165, 1.54) is 0 Å². The molecule has 1 aliphatic heterocycles. The SMILES string of the molecule is CNC(=O)N1CCN(C(=O)C(c2ccccc2)C2CC2)CC1. The number of rotatable bonds is 3. The van der Waals surface area contributed by atoms with Gasteiger partial charge in [0.15, 0.2) is 0 Å². The van der Waals surface area contributed by atoms with Crippen LogP contribution in [0, 0.1) is 5.92 Å². The Labute approximate surface area is 131 Å².